The Morgan fingerprint density at radius 3 is 2.61 bits per heavy atom. The van der Waals surface area contributed by atoms with Gasteiger partial charge in [-0.05, 0) is 61.6 Å². The lowest BCUT2D eigenvalue weighted by atomic mass is 10.1. The van der Waals surface area contributed by atoms with Gasteiger partial charge in [0, 0.05) is 37.5 Å². The summed E-state index contributed by atoms with van der Waals surface area (Å²) in [5, 5.41) is 10.2. The molecule has 4 bridgehead atoms. The second-order valence-electron chi connectivity index (χ2n) is 10.9. The quantitative estimate of drug-likeness (QED) is 0.503. The smallest absolute Gasteiger partial charge is 0.274 e. The second kappa shape index (κ2) is 11.1. The molecule has 3 amide bonds. The van der Waals surface area contributed by atoms with Gasteiger partial charge in [-0.3, -0.25) is 19.1 Å². The van der Waals surface area contributed by atoms with E-state index in [1.165, 1.54) is 0 Å². The molecule has 0 unspecified atom stereocenters. The van der Waals surface area contributed by atoms with Crippen molar-refractivity contribution >= 4 is 17.7 Å². The van der Waals surface area contributed by atoms with E-state index in [1.807, 2.05) is 31.2 Å². The van der Waals surface area contributed by atoms with Gasteiger partial charge in [-0.1, -0.05) is 12.1 Å². The van der Waals surface area contributed by atoms with Gasteiger partial charge < -0.3 is 29.7 Å². The third kappa shape index (κ3) is 6.29. The molecule has 1 saturated heterocycles. The molecule has 0 radical (unpaired) electrons. The zero-order chi connectivity index (χ0) is 28.5. The van der Waals surface area contributed by atoms with Crippen LogP contribution in [0.25, 0.3) is 0 Å². The highest BCUT2D eigenvalue weighted by Crippen LogP contribution is 2.31. The first-order valence-corrected chi connectivity index (χ1v) is 13.8. The minimum Gasteiger partial charge on any atom is -0.493 e. The maximum absolute atomic E-state index is 13.6. The van der Waals surface area contributed by atoms with Crippen molar-refractivity contribution in [3.8, 4) is 17.2 Å². The van der Waals surface area contributed by atoms with Crippen molar-refractivity contribution in [1.29, 1.82) is 0 Å². The van der Waals surface area contributed by atoms with E-state index in [-0.39, 0.29) is 37.4 Å². The predicted molar refractivity (Wildman–Crippen MR) is 148 cm³/mol. The van der Waals surface area contributed by atoms with Gasteiger partial charge in [0.2, 0.25) is 0 Å². The minimum absolute atomic E-state index is 0.205. The van der Waals surface area contributed by atoms with Crippen molar-refractivity contribution in [2.24, 2.45) is 13.0 Å². The lowest BCUT2D eigenvalue weighted by Gasteiger charge is -2.21. The summed E-state index contributed by atoms with van der Waals surface area (Å²) in [7, 11) is 1.79. The van der Waals surface area contributed by atoms with Crippen LogP contribution in [0, 0.1) is 12.8 Å². The fourth-order valence-electron chi connectivity index (χ4n) is 4.91. The summed E-state index contributed by atoms with van der Waals surface area (Å²) in [5.41, 5.74) is 2.44. The average molecular weight is 560 g/mol. The largest absolute Gasteiger partial charge is 0.493 e. The van der Waals surface area contributed by atoms with Gasteiger partial charge in [0.25, 0.3) is 17.7 Å². The van der Waals surface area contributed by atoms with Gasteiger partial charge in [0.15, 0.2) is 12.3 Å². The normalized spacial score (nSPS) is 20.8. The molecule has 3 aromatic rings. The third-order valence-electron chi connectivity index (χ3n) is 7.60. The van der Waals surface area contributed by atoms with E-state index in [1.54, 1.807) is 40.9 Å². The Morgan fingerprint density at radius 1 is 1.07 bits per heavy atom. The molecular weight excluding hydrogens is 526 g/mol. The Bertz CT molecular complexity index is 1440. The molecule has 3 aliphatic heterocycles. The van der Waals surface area contributed by atoms with Crippen molar-refractivity contribution in [2.45, 2.75) is 38.5 Å². The van der Waals surface area contributed by atoms with Crippen LogP contribution in [-0.4, -0.2) is 70.9 Å². The Kier molecular flexibility index (Phi) is 7.25. The Hall–Kier alpha value is -4.54. The zero-order valence-electron chi connectivity index (χ0n) is 23.1. The number of carbonyl (C=O) groups excluding carboxylic acids is 3. The molecule has 7 rings (SSSR count). The summed E-state index contributed by atoms with van der Waals surface area (Å²) in [4.78, 5) is 41.0. The van der Waals surface area contributed by atoms with Crippen molar-refractivity contribution in [1.82, 2.24) is 25.3 Å². The molecule has 2 aromatic carbocycles. The number of carbonyl (C=O) groups is 3. The number of aromatic nitrogens is 2. The van der Waals surface area contributed by atoms with Crippen LogP contribution in [0.15, 0.2) is 48.5 Å². The van der Waals surface area contributed by atoms with Crippen LogP contribution in [-0.2, 0) is 18.4 Å². The number of hydrogen-bond acceptors (Lipinski definition) is 7. The molecule has 1 aliphatic carbocycles. The number of benzene rings is 2. The van der Waals surface area contributed by atoms with Crippen molar-refractivity contribution in [2.75, 3.05) is 26.3 Å². The lowest BCUT2D eigenvalue weighted by molar-refractivity contribution is -0.123. The first kappa shape index (κ1) is 26.7. The number of nitrogens with one attached hydrogen (secondary N) is 2. The van der Waals surface area contributed by atoms with E-state index in [0.717, 1.165) is 24.1 Å². The number of hydrogen-bond donors (Lipinski definition) is 2. The molecule has 4 aliphatic rings. The number of amides is 3. The molecule has 2 N–H and O–H groups in total. The molecule has 1 saturated carbocycles. The predicted octanol–water partition coefficient (Wildman–Crippen LogP) is 2.23. The van der Waals surface area contributed by atoms with E-state index in [4.69, 9.17) is 14.2 Å². The van der Waals surface area contributed by atoms with Gasteiger partial charge in [0.1, 0.15) is 23.4 Å². The molecular formula is C30H33N5O6. The Morgan fingerprint density at radius 2 is 1.88 bits per heavy atom. The highest BCUT2D eigenvalue weighted by molar-refractivity contribution is 5.96. The van der Waals surface area contributed by atoms with Gasteiger partial charge in [-0.15, -0.1) is 0 Å². The van der Waals surface area contributed by atoms with Crippen LogP contribution in [0.3, 0.4) is 0 Å². The van der Waals surface area contributed by atoms with E-state index < -0.39 is 12.1 Å². The number of fused-ring (bicyclic) bond motifs is 7. The standard InChI is InChI=1S/C30H33N5O6/c1-18-9-25(33-34(18)2)30(38)35-14-26-27(15-35)41-22-7-5-19(6-8-22)13-31-28(36)17-40-24-11-21(29(37)32-26)10-23(12-24)39-16-20-3-4-20/h5-12,20,26-27H,3-4,13-17H2,1-2H3,(H,31,36)(H,32,37)/t26-,27-/m0/s1. The van der Waals surface area contributed by atoms with Crippen LogP contribution in [0.1, 0.15) is 44.9 Å². The lowest BCUT2D eigenvalue weighted by Crippen LogP contribution is -2.45. The minimum atomic E-state index is -0.501. The van der Waals surface area contributed by atoms with Crippen LogP contribution < -0.4 is 24.8 Å². The summed E-state index contributed by atoms with van der Waals surface area (Å²) < 4.78 is 19.7. The molecule has 214 valence electrons. The number of ether oxygens (including phenoxy) is 3. The number of likely N-dealkylation sites (tertiary alicyclic amines) is 1. The Labute approximate surface area is 237 Å². The third-order valence-corrected chi connectivity index (χ3v) is 7.60. The van der Waals surface area contributed by atoms with Gasteiger partial charge in [-0.2, -0.15) is 5.10 Å². The highest BCUT2D eigenvalue weighted by Gasteiger charge is 2.39. The molecule has 11 nitrogen and oxygen atoms in total. The van der Waals surface area contributed by atoms with E-state index in [9.17, 15) is 14.4 Å². The molecule has 2 fully saturated rings. The maximum atomic E-state index is 13.6. The van der Waals surface area contributed by atoms with Crippen molar-refractivity contribution in [3.05, 3.63) is 71.0 Å². The van der Waals surface area contributed by atoms with Crippen LogP contribution >= 0.6 is 0 Å². The van der Waals surface area contributed by atoms with Gasteiger partial charge >= 0.3 is 0 Å². The van der Waals surface area contributed by atoms with Crippen LogP contribution in [0.5, 0.6) is 17.2 Å². The molecule has 0 spiro atoms. The highest BCUT2D eigenvalue weighted by atomic mass is 16.5. The van der Waals surface area contributed by atoms with E-state index in [0.29, 0.717) is 47.6 Å². The van der Waals surface area contributed by atoms with Crippen molar-refractivity contribution < 1.29 is 28.6 Å². The van der Waals surface area contributed by atoms with Gasteiger partial charge in [0.05, 0.1) is 19.2 Å². The first-order valence-electron chi connectivity index (χ1n) is 13.8. The molecule has 41 heavy (non-hydrogen) atoms. The molecule has 2 atom stereocenters. The van der Waals surface area contributed by atoms with Crippen molar-refractivity contribution in [3.63, 3.8) is 0 Å². The molecule has 11 heteroatoms. The molecule has 1 aromatic heterocycles. The second-order valence-corrected chi connectivity index (χ2v) is 10.9. The monoisotopic (exact) mass is 559 g/mol. The number of aryl methyl sites for hydroxylation is 2. The van der Waals surface area contributed by atoms with Gasteiger partial charge in [-0.25, -0.2) is 0 Å². The van der Waals surface area contributed by atoms with E-state index in [2.05, 4.69) is 15.7 Å². The fourth-order valence-corrected chi connectivity index (χ4v) is 4.91. The van der Waals surface area contributed by atoms with E-state index >= 15 is 0 Å². The molecule has 4 heterocycles. The zero-order valence-corrected chi connectivity index (χ0v) is 23.1. The SMILES string of the molecule is Cc1cc(C(=O)N2C[C@@H]3NC(=O)c4cc(cc(OCC5CC5)c4)OCC(=O)NCc4ccc(cc4)O[C@H]3C2)nn1C. The fraction of sp³-hybridized carbons (Fsp3) is 0.400. The topological polar surface area (TPSA) is 124 Å². The summed E-state index contributed by atoms with van der Waals surface area (Å²) in [6.45, 7) is 3.10. The average Bonchev–Trinajstić information content (AvgIpc) is 3.63. The summed E-state index contributed by atoms with van der Waals surface area (Å²) >= 11 is 0. The summed E-state index contributed by atoms with van der Waals surface area (Å²) in [6.07, 6.45) is 1.75. The summed E-state index contributed by atoms with van der Waals surface area (Å²) in [6, 6.07) is 13.6. The number of nitrogens with zero attached hydrogens (tertiary/aromatic N) is 3. The maximum Gasteiger partial charge on any atom is 0.274 e. The van der Waals surface area contributed by atoms with Crippen LogP contribution in [0.4, 0.5) is 0 Å². The van der Waals surface area contributed by atoms with Crippen LogP contribution in [0.2, 0.25) is 0 Å². The summed E-state index contributed by atoms with van der Waals surface area (Å²) in [5.74, 6) is 1.10. The number of rotatable bonds is 4. The first-order chi connectivity index (χ1) is 19.8. The Balaban J connectivity index is 1.29.